The van der Waals surface area contributed by atoms with Crippen LogP contribution in [0.4, 0.5) is 14.9 Å². The Hall–Kier alpha value is -3.45. The zero-order valence-corrected chi connectivity index (χ0v) is 22.7. The maximum Gasteiger partial charge on any atom is 0.411 e. The lowest BCUT2D eigenvalue weighted by molar-refractivity contribution is -0.128. The van der Waals surface area contributed by atoms with Gasteiger partial charge in [-0.1, -0.05) is 12.1 Å². The van der Waals surface area contributed by atoms with Crippen LogP contribution < -0.4 is 10.2 Å². The quantitative estimate of drug-likeness (QED) is 0.608. The zero-order chi connectivity index (χ0) is 27.4. The first-order chi connectivity index (χ1) is 18.0. The first-order valence-electron chi connectivity index (χ1n) is 12.8. The van der Waals surface area contributed by atoms with Crippen LogP contribution in [-0.4, -0.2) is 53.6 Å². The van der Waals surface area contributed by atoms with Crippen LogP contribution in [0.3, 0.4) is 0 Å². The monoisotopic (exact) mass is 538 g/mol. The molecule has 1 unspecified atom stereocenters. The number of piperidine rings is 1. The number of anilines is 1. The molecule has 10 heteroatoms. The Balaban J connectivity index is 1.30. The number of hydrogen-bond donors (Lipinski definition) is 1. The third-order valence-corrected chi connectivity index (χ3v) is 8.58. The Labute approximate surface area is 225 Å². The molecule has 2 aliphatic heterocycles. The van der Waals surface area contributed by atoms with Crippen LogP contribution >= 0.6 is 11.3 Å². The van der Waals surface area contributed by atoms with Crippen LogP contribution in [-0.2, 0) is 27.2 Å². The molecule has 5 rings (SSSR count). The Morgan fingerprint density at radius 3 is 2.79 bits per heavy atom. The number of benzene rings is 1. The van der Waals surface area contributed by atoms with Crippen molar-refractivity contribution in [3.8, 4) is 17.2 Å². The van der Waals surface area contributed by atoms with Gasteiger partial charge in [-0.25, -0.2) is 9.18 Å². The molecule has 1 saturated heterocycles. The van der Waals surface area contributed by atoms with Gasteiger partial charge in [0.25, 0.3) is 0 Å². The SMILES string of the molecule is CN1C(=O)Cc2ccc(-c3csc(CC(C#N)NC(=O)[C@@H]4[C@H]5CC[C@H](C5)N4C(=O)OC(C)(C)C)c3F)cc21. The lowest BCUT2D eigenvalue weighted by Crippen LogP contribution is -2.55. The average molecular weight is 539 g/mol. The number of nitriles is 1. The van der Waals surface area contributed by atoms with E-state index in [1.54, 1.807) is 50.2 Å². The zero-order valence-electron chi connectivity index (χ0n) is 21.9. The number of carbonyl (C=O) groups is 3. The number of likely N-dealkylation sites (tertiary alicyclic amines) is 1. The van der Waals surface area contributed by atoms with Gasteiger partial charge < -0.3 is 15.0 Å². The van der Waals surface area contributed by atoms with Gasteiger partial charge in [-0.05, 0) is 63.1 Å². The van der Waals surface area contributed by atoms with Crippen LogP contribution in [0.5, 0.6) is 0 Å². The number of fused-ring (bicyclic) bond motifs is 3. The first-order valence-corrected chi connectivity index (χ1v) is 13.7. The van der Waals surface area contributed by atoms with E-state index in [2.05, 4.69) is 11.4 Å². The summed E-state index contributed by atoms with van der Waals surface area (Å²) in [6, 6.07) is 5.82. The molecular weight excluding hydrogens is 507 g/mol. The van der Waals surface area contributed by atoms with Crippen LogP contribution in [0.15, 0.2) is 23.6 Å². The number of halogens is 1. The summed E-state index contributed by atoms with van der Waals surface area (Å²) < 4.78 is 21.0. The molecule has 38 heavy (non-hydrogen) atoms. The minimum Gasteiger partial charge on any atom is -0.444 e. The first kappa shape index (κ1) is 26.2. The molecule has 1 aromatic heterocycles. The van der Waals surface area contributed by atoms with Crippen LogP contribution in [0, 0.1) is 23.1 Å². The van der Waals surface area contributed by atoms with Crippen molar-refractivity contribution in [1.82, 2.24) is 10.2 Å². The fourth-order valence-electron chi connectivity index (χ4n) is 5.80. The lowest BCUT2D eigenvalue weighted by atomic mass is 9.97. The van der Waals surface area contributed by atoms with Gasteiger partial charge in [0.2, 0.25) is 11.8 Å². The van der Waals surface area contributed by atoms with Crippen molar-refractivity contribution >= 4 is 34.9 Å². The number of amides is 3. The van der Waals surface area contributed by atoms with Crippen molar-refractivity contribution in [2.24, 2.45) is 5.92 Å². The normalized spacial score (nSPS) is 22.8. The Morgan fingerprint density at radius 2 is 2.08 bits per heavy atom. The summed E-state index contributed by atoms with van der Waals surface area (Å²) in [6.07, 6.45) is 2.22. The van der Waals surface area contributed by atoms with Gasteiger partial charge in [0.05, 0.1) is 12.5 Å². The van der Waals surface area contributed by atoms with Crippen LogP contribution in [0.25, 0.3) is 11.1 Å². The van der Waals surface area contributed by atoms with Crippen molar-refractivity contribution in [1.29, 1.82) is 5.26 Å². The number of hydrogen-bond acceptors (Lipinski definition) is 6. The molecule has 1 saturated carbocycles. The second-order valence-electron chi connectivity index (χ2n) is 11.3. The molecule has 3 heterocycles. The second kappa shape index (κ2) is 9.70. The molecule has 2 fully saturated rings. The topological polar surface area (TPSA) is 103 Å². The fourth-order valence-corrected chi connectivity index (χ4v) is 6.78. The van der Waals surface area contributed by atoms with E-state index in [9.17, 15) is 19.6 Å². The summed E-state index contributed by atoms with van der Waals surface area (Å²) in [6.45, 7) is 5.35. The van der Waals surface area contributed by atoms with Crippen LogP contribution in [0.2, 0.25) is 0 Å². The third-order valence-electron chi connectivity index (χ3n) is 7.59. The average Bonchev–Trinajstić information content (AvgIpc) is 3.62. The van der Waals surface area contributed by atoms with E-state index in [0.717, 1.165) is 30.5 Å². The number of rotatable bonds is 5. The minimum atomic E-state index is -0.952. The van der Waals surface area contributed by atoms with Crippen molar-refractivity contribution < 1.29 is 23.5 Å². The predicted molar refractivity (Wildman–Crippen MR) is 141 cm³/mol. The molecule has 1 aliphatic carbocycles. The predicted octanol–water partition coefficient (Wildman–Crippen LogP) is 4.41. The third kappa shape index (κ3) is 4.75. The fraction of sp³-hybridized carbons (Fsp3) is 0.500. The Kier molecular flexibility index (Phi) is 6.68. The molecule has 0 spiro atoms. The summed E-state index contributed by atoms with van der Waals surface area (Å²) in [5, 5.41) is 14.2. The highest BCUT2D eigenvalue weighted by atomic mass is 32.1. The summed E-state index contributed by atoms with van der Waals surface area (Å²) in [4.78, 5) is 41.7. The van der Waals surface area contributed by atoms with E-state index in [4.69, 9.17) is 4.74 Å². The van der Waals surface area contributed by atoms with Gasteiger partial charge in [-0.3, -0.25) is 14.5 Å². The molecule has 3 aliphatic rings. The maximum atomic E-state index is 15.5. The molecule has 4 atom stereocenters. The summed E-state index contributed by atoms with van der Waals surface area (Å²) >= 11 is 1.19. The van der Waals surface area contributed by atoms with E-state index in [0.29, 0.717) is 22.4 Å². The van der Waals surface area contributed by atoms with E-state index in [-0.39, 0.29) is 24.3 Å². The van der Waals surface area contributed by atoms with Gasteiger partial charge in [-0.2, -0.15) is 5.26 Å². The standard InChI is InChI=1S/C28H31FN4O4S/c1-28(2,3)37-27(36)33-19-8-7-17(9-19)25(33)26(35)31-18(13-30)12-22-24(29)20(14-38-22)15-5-6-16-11-23(34)32(4)21(16)10-15/h5-6,10,14,17-19,25H,7-9,11-12H2,1-4H3,(H,31,35)/t17-,18?,19+,25-/m0/s1. The largest absolute Gasteiger partial charge is 0.444 e. The highest BCUT2D eigenvalue weighted by Gasteiger charge is 2.52. The maximum absolute atomic E-state index is 15.5. The van der Waals surface area contributed by atoms with Crippen molar-refractivity contribution in [3.63, 3.8) is 0 Å². The van der Waals surface area contributed by atoms with Crippen LogP contribution in [0.1, 0.15) is 50.5 Å². The number of thiophene rings is 1. The molecule has 1 aromatic carbocycles. The molecule has 0 radical (unpaired) electrons. The summed E-state index contributed by atoms with van der Waals surface area (Å²) in [7, 11) is 1.70. The second-order valence-corrected chi connectivity index (χ2v) is 12.3. The molecule has 8 nitrogen and oxygen atoms in total. The molecule has 3 amide bonds. The number of likely N-dealkylation sites (N-methyl/N-ethyl adjacent to an activating group) is 1. The molecule has 1 N–H and O–H groups in total. The number of nitrogens with zero attached hydrogens (tertiary/aromatic N) is 3. The van der Waals surface area contributed by atoms with Crippen molar-refractivity contribution in [3.05, 3.63) is 39.8 Å². The van der Waals surface area contributed by atoms with E-state index in [1.165, 1.54) is 16.2 Å². The Bertz CT molecular complexity index is 1340. The smallest absolute Gasteiger partial charge is 0.411 e. The van der Waals surface area contributed by atoms with Gasteiger partial charge in [0.1, 0.15) is 23.5 Å². The van der Waals surface area contributed by atoms with Gasteiger partial charge in [0.15, 0.2) is 0 Å². The minimum absolute atomic E-state index is 0.00282. The highest BCUT2D eigenvalue weighted by Crippen LogP contribution is 2.43. The Morgan fingerprint density at radius 1 is 1.32 bits per heavy atom. The molecule has 2 bridgehead atoms. The molecular formula is C28H31FN4O4S. The summed E-state index contributed by atoms with van der Waals surface area (Å²) in [5.74, 6) is -0.830. The molecule has 2 aromatic rings. The number of carbonyl (C=O) groups excluding carboxylic acids is 3. The van der Waals surface area contributed by atoms with E-state index < -0.39 is 35.5 Å². The van der Waals surface area contributed by atoms with Crippen molar-refractivity contribution in [2.45, 2.75) is 76.6 Å². The van der Waals surface area contributed by atoms with Gasteiger partial charge in [0, 0.05) is 41.0 Å². The summed E-state index contributed by atoms with van der Waals surface area (Å²) in [5.41, 5.74) is 2.03. The lowest BCUT2D eigenvalue weighted by Gasteiger charge is -2.35. The van der Waals surface area contributed by atoms with E-state index in [1.807, 2.05) is 6.07 Å². The highest BCUT2D eigenvalue weighted by molar-refractivity contribution is 7.10. The van der Waals surface area contributed by atoms with Gasteiger partial charge >= 0.3 is 6.09 Å². The van der Waals surface area contributed by atoms with Gasteiger partial charge in [-0.15, -0.1) is 11.3 Å². The molecule has 200 valence electrons. The number of ether oxygens (including phenoxy) is 1. The van der Waals surface area contributed by atoms with Crippen molar-refractivity contribution in [2.75, 3.05) is 11.9 Å². The van der Waals surface area contributed by atoms with E-state index >= 15 is 4.39 Å². The number of nitrogens with one attached hydrogen (secondary N) is 1.